The van der Waals surface area contributed by atoms with Crippen LogP contribution in [0.15, 0.2) is 115 Å². The second-order valence-electron chi connectivity index (χ2n) is 10.6. The minimum absolute atomic E-state index is 0.0836. The van der Waals surface area contributed by atoms with Crippen LogP contribution < -0.4 is 0 Å². The summed E-state index contributed by atoms with van der Waals surface area (Å²) in [4.78, 5) is 0. The minimum atomic E-state index is -0.0836. The summed E-state index contributed by atoms with van der Waals surface area (Å²) in [5.41, 5.74) is 9.28. The first-order valence-electron chi connectivity index (χ1n) is 12.7. The molecule has 6 aromatic carbocycles. The monoisotopic (exact) mass is 459 g/mol. The van der Waals surface area contributed by atoms with Gasteiger partial charge >= 0.3 is 0 Å². The van der Waals surface area contributed by atoms with Gasteiger partial charge in [0.15, 0.2) is 0 Å². The van der Waals surface area contributed by atoms with E-state index >= 15 is 0 Å². The van der Waals surface area contributed by atoms with Gasteiger partial charge in [-0.25, -0.2) is 0 Å². The van der Waals surface area contributed by atoms with Crippen LogP contribution in [0, 0.1) is 0 Å². The van der Waals surface area contributed by atoms with Crippen molar-refractivity contribution in [2.45, 2.75) is 19.3 Å². The summed E-state index contributed by atoms with van der Waals surface area (Å²) in [6.07, 6.45) is 0. The average molecular weight is 460 g/mol. The Balaban J connectivity index is 1.64. The molecule has 8 rings (SSSR count). The van der Waals surface area contributed by atoms with Gasteiger partial charge in [-0.2, -0.15) is 0 Å². The van der Waals surface area contributed by atoms with Gasteiger partial charge in [0.1, 0.15) is 0 Å². The SMILES string of the molecule is CC1(C)c2ccc3c4c5ccccc5ccc4n(-c4ccccc4)c3c2-c2ccc3ccccc3c21. The summed E-state index contributed by atoms with van der Waals surface area (Å²) < 4.78 is 2.50. The van der Waals surface area contributed by atoms with E-state index in [0.717, 1.165) is 0 Å². The highest BCUT2D eigenvalue weighted by molar-refractivity contribution is 6.24. The topological polar surface area (TPSA) is 4.93 Å². The van der Waals surface area contributed by atoms with Crippen molar-refractivity contribution in [1.29, 1.82) is 0 Å². The molecule has 7 aromatic rings. The van der Waals surface area contributed by atoms with E-state index in [-0.39, 0.29) is 5.41 Å². The van der Waals surface area contributed by atoms with E-state index in [2.05, 4.69) is 134 Å². The quantitative estimate of drug-likeness (QED) is 0.230. The smallest absolute Gasteiger partial charge is 0.0622 e. The molecular weight excluding hydrogens is 434 g/mol. The third-order valence-electron chi connectivity index (χ3n) is 8.33. The van der Waals surface area contributed by atoms with Crippen molar-refractivity contribution in [3.8, 4) is 16.8 Å². The molecule has 0 unspecified atom stereocenters. The van der Waals surface area contributed by atoms with Crippen LogP contribution in [-0.2, 0) is 5.41 Å². The zero-order chi connectivity index (χ0) is 24.0. The lowest BCUT2D eigenvalue weighted by molar-refractivity contribution is 0.666. The highest BCUT2D eigenvalue weighted by atomic mass is 15.0. The maximum absolute atomic E-state index is 2.50. The molecule has 0 saturated heterocycles. The Hall–Kier alpha value is -4.36. The number of fused-ring (bicyclic) bond motifs is 11. The van der Waals surface area contributed by atoms with Crippen molar-refractivity contribution >= 4 is 43.4 Å². The van der Waals surface area contributed by atoms with Crippen LogP contribution in [0.1, 0.15) is 25.0 Å². The molecule has 0 spiro atoms. The molecule has 0 saturated carbocycles. The van der Waals surface area contributed by atoms with Crippen molar-refractivity contribution in [1.82, 2.24) is 4.57 Å². The number of rotatable bonds is 1. The molecule has 0 radical (unpaired) electrons. The normalized spacial score (nSPS) is 14.1. The first-order chi connectivity index (χ1) is 17.6. The molecule has 0 N–H and O–H groups in total. The van der Waals surface area contributed by atoms with Crippen LogP contribution in [0.25, 0.3) is 60.2 Å². The van der Waals surface area contributed by atoms with Crippen molar-refractivity contribution in [2.24, 2.45) is 0 Å². The maximum Gasteiger partial charge on any atom is 0.0622 e. The largest absolute Gasteiger partial charge is 0.309 e. The zero-order valence-electron chi connectivity index (χ0n) is 20.4. The Morgan fingerprint density at radius 1 is 0.556 bits per heavy atom. The number of hydrogen-bond donors (Lipinski definition) is 0. The highest BCUT2D eigenvalue weighted by Crippen LogP contribution is 2.55. The molecule has 1 nitrogen and oxygen atoms in total. The fraction of sp³-hybridized carbons (Fsp3) is 0.0857. The highest BCUT2D eigenvalue weighted by Gasteiger charge is 2.39. The number of para-hydroxylation sites is 1. The predicted octanol–water partition coefficient (Wildman–Crippen LogP) is 9.40. The van der Waals surface area contributed by atoms with Gasteiger partial charge < -0.3 is 4.57 Å². The van der Waals surface area contributed by atoms with Crippen molar-refractivity contribution < 1.29 is 0 Å². The van der Waals surface area contributed by atoms with E-state index in [1.807, 2.05) is 0 Å². The second-order valence-corrected chi connectivity index (χ2v) is 10.6. The molecule has 36 heavy (non-hydrogen) atoms. The average Bonchev–Trinajstić information content (AvgIpc) is 3.38. The van der Waals surface area contributed by atoms with E-state index in [1.165, 1.54) is 71.3 Å². The summed E-state index contributed by atoms with van der Waals surface area (Å²) in [6, 6.07) is 42.4. The van der Waals surface area contributed by atoms with Gasteiger partial charge in [-0.1, -0.05) is 111 Å². The molecule has 170 valence electrons. The lowest BCUT2D eigenvalue weighted by Crippen LogP contribution is -2.15. The summed E-state index contributed by atoms with van der Waals surface area (Å²) in [6.45, 7) is 4.78. The van der Waals surface area contributed by atoms with Crippen LogP contribution in [0.2, 0.25) is 0 Å². The van der Waals surface area contributed by atoms with Gasteiger partial charge in [0, 0.05) is 27.4 Å². The molecule has 1 aliphatic carbocycles. The maximum atomic E-state index is 2.50. The molecule has 0 amide bonds. The summed E-state index contributed by atoms with van der Waals surface area (Å²) in [5.74, 6) is 0. The van der Waals surface area contributed by atoms with Gasteiger partial charge in [-0.05, 0) is 56.4 Å². The van der Waals surface area contributed by atoms with Crippen LogP contribution >= 0.6 is 0 Å². The fourth-order valence-corrected chi connectivity index (χ4v) is 6.80. The second kappa shape index (κ2) is 6.86. The van der Waals surface area contributed by atoms with Crippen molar-refractivity contribution in [3.63, 3.8) is 0 Å². The molecular formula is C35H25N. The number of benzene rings is 6. The minimum Gasteiger partial charge on any atom is -0.309 e. The lowest BCUT2D eigenvalue weighted by atomic mass is 9.80. The standard InChI is InChI=1S/C35H25N/c1-35(2)29-20-19-28-31-25-14-8-6-10-22(25)17-21-30(31)36(24-12-4-3-5-13-24)34(28)32(29)27-18-16-23-11-7-9-15-26(23)33(27)35/h3-21H,1-2H3. The molecule has 1 heterocycles. The van der Waals surface area contributed by atoms with E-state index < -0.39 is 0 Å². The molecule has 1 heteroatoms. The van der Waals surface area contributed by atoms with Gasteiger partial charge in [0.2, 0.25) is 0 Å². The van der Waals surface area contributed by atoms with E-state index in [0.29, 0.717) is 0 Å². The molecule has 0 bridgehead atoms. The van der Waals surface area contributed by atoms with Crippen LogP contribution in [0.4, 0.5) is 0 Å². The fourth-order valence-electron chi connectivity index (χ4n) is 6.80. The summed E-state index contributed by atoms with van der Waals surface area (Å²) in [7, 11) is 0. The number of nitrogens with zero attached hydrogens (tertiary/aromatic N) is 1. The van der Waals surface area contributed by atoms with Gasteiger partial charge in [-0.3, -0.25) is 0 Å². The molecule has 1 aromatic heterocycles. The van der Waals surface area contributed by atoms with E-state index in [9.17, 15) is 0 Å². The molecule has 0 aliphatic heterocycles. The Bertz CT molecular complexity index is 2000. The van der Waals surface area contributed by atoms with E-state index in [4.69, 9.17) is 0 Å². The van der Waals surface area contributed by atoms with Crippen LogP contribution in [0.3, 0.4) is 0 Å². The molecule has 1 aliphatic rings. The van der Waals surface area contributed by atoms with Crippen LogP contribution in [-0.4, -0.2) is 4.57 Å². The Kier molecular flexibility index (Phi) is 3.79. The Labute approximate surface area is 210 Å². The molecule has 0 atom stereocenters. The van der Waals surface area contributed by atoms with Crippen molar-refractivity contribution in [3.05, 3.63) is 126 Å². The predicted molar refractivity (Wildman–Crippen MR) is 153 cm³/mol. The first kappa shape index (κ1) is 19.9. The lowest BCUT2D eigenvalue weighted by Gasteiger charge is -2.23. The number of aromatic nitrogens is 1. The third kappa shape index (κ3) is 2.40. The first-order valence-corrected chi connectivity index (χ1v) is 12.7. The number of hydrogen-bond acceptors (Lipinski definition) is 0. The van der Waals surface area contributed by atoms with Gasteiger partial charge in [0.05, 0.1) is 11.0 Å². The van der Waals surface area contributed by atoms with Crippen molar-refractivity contribution in [2.75, 3.05) is 0 Å². The van der Waals surface area contributed by atoms with Crippen LogP contribution in [0.5, 0.6) is 0 Å². The zero-order valence-corrected chi connectivity index (χ0v) is 20.4. The summed E-state index contributed by atoms with van der Waals surface area (Å²) in [5, 5.41) is 7.91. The third-order valence-corrected chi connectivity index (χ3v) is 8.33. The Morgan fingerprint density at radius 2 is 1.22 bits per heavy atom. The van der Waals surface area contributed by atoms with Gasteiger partial charge in [0.25, 0.3) is 0 Å². The van der Waals surface area contributed by atoms with E-state index in [1.54, 1.807) is 0 Å². The molecule has 0 fully saturated rings. The Morgan fingerprint density at radius 3 is 2.03 bits per heavy atom. The van der Waals surface area contributed by atoms with Gasteiger partial charge in [-0.15, -0.1) is 0 Å². The summed E-state index contributed by atoms with van der Waals surface area (Å²) >= 11 is 0.